The van der Waals surface area contributed by atoms with Crippen LogP contribution in [0, 0.1) is 0 Å². The van der Waals surface area contributed by atoms with Crippen LogP contribution in [0.15, 0.2) is 30.4 Å². The van der Waals surface area contributed by atoms with Gasteiger partial charge in [-0.15, -0.1) is 0 Å². The van der Waals surface area contributed by atoms with Gasteiger partial charge in [-0.2, -0.15) is 5.16 Å². The Labute approximate surface area is 135 Å². The molecule has 1 heterocycles. The second-order valence-corrected chi connectivity index (χ2v) is 4.42. The molecule has 122 valence electrons. The van der Waals surface area contributed by atoms with Crippen molar-refractivity contribution in [3.8, 4) is 0 Å². The molecule has 0 saturated heterocycles. The van der Waals surface area contributed by atoms with Gasteiger partial charge in [0.2, 0.25) is 6.33 Å². The van der Waals surface area contributed by atoms with Crippen molar-refractivity contribution in [2.24, 2.45) is 7.05 Å². The Hall–Kier alpha value is -2.31. The zero-order chi connectivity index (χ0) is 17.5. The van der Waals surface area contributed by atoms with Crippen LogP contribution >= 0.6 is 12.2 Å². The molecule has 1 aromatic rings. The molecule has 0 unspecified atom stereocenters. The number of thiocarbonyl (C=S) groups is 1. The first-order valence-electron chi connectivity index (χ1n) is 6.45. The van der Waals surface area contributed by atoms with Crippen LogP contribution in [0.5, 0.6) is 0 Å². The van der Waals surface area contributed by atoms with Crippen molar-refractivity contribution in [1.82, 2.24) is 4.57 Å². The molecule has 0 atom stereocenters. The summed E-state index contributed by atoms with van der Waals surface area (Å²) in [4.78, 5) is 19.7. The van der Waals surface area contributed by atoms with E-state index < -0.39 is 11.9 Å². The summed E-state index contributed by atoms with van der Waals surface area (Å²) < 4.78 is 4.28. The molecule has 0 aliphatic rings. The summed E-state index contributed by atoms with van der Waals surface area (Å²) in [6, 6.07) is 0. The maximum atomic E-state index is 9.90. The van der Waals surface area contributed by atoms with E-state index in [0.717, 1.165) is 6.54 Å². The predicted molar refractivity (Wildman–Crippen MR) is 85.5 cm³/mol. The quantitative estimate of drug-likeness (QED) is 0.372. The van der Waals surface area contributed by atoms with Gasteiger partial charge in [-0.25, -0.2) is 18.7 Å². The number of hydrogen-bond acceptors (Lipinski definition) is 3. The van der Waals surface area contributed by atoms with Crippen molar-refractivity contribution in [3.05, 3.63) is 35.8 Å². The van der Waals surface area contributed by atoms with Crippen LogP contribution in [0.1, 0.15) is 26.7 Å². The summed E-state index contributed by atoms with van der Waals surface area (Å²) in [6.45, 7) is 4.58. The van der Waals surface area contributed by atoms with Crippen molar-refractivity contribution < 1.29 is 24.4 Å². The van der Waals surface area contributed by atoms with E-state index in [1.807, 2.05) is 7.05 Å². The summed E-state index contributed by atoms with van der Waals surface area (Å²) in [5, 5.41) is 24.6. The first kappa shape index (κ1) is 22.0. The number of hydrogen-bond donors (Lipinski definition) is 2. The Morgan fingerprint density at radius 3 is 2.27 bits per heavy atom. The van der Waals surface area contributed by atoms with Gasteiger partial charge in [0.05, 0.1) is 13.6 Å². The molecule has 0 aromatic carbocycles. The molecule has 0 aliphatic carbocycles. The van der Waals surface area contributed by atoms with Gasteiger partial charge in [0.25, 0.3) is 0 Å². The highest BCUT2D eigenvalue weighted by atomic mass is 32.1. The number of aromatic nitrogens is 2. The molecule has 0 spiro atoms. The monoisotopic (exact) mass is 327 g/mol. The lowest BCUT2D eigenvalue weighted by Gasteiger charge is -1.90. The summed E-state index contributed by atoms with van der Waals surface area (Å²) >= 11 is 3.70. The van der Waals surface area contributed by atoms with Crippen molar-refractivity contribution in [2.45, 2.75) is 33.2 Å². The highest BCUT2D eigenvalue weighted by Gasteiger charge is 2.00. The number of carbonyl (C=O) groups is 2. The van der Waals surface area contributed by atoms with Crippen molar-refractivity contribution in [3.63, 3.8) is 0 Å². The number of imidazole rings is 1. The molecule has 2 N–H and O–H groups in total. The van der Waals surface area contributed by atoms with Gasteiger partial charge in [-0.05, 0) is 13.3 Å². The first-order chi connectivity index (χ1) is 10.3. The van der Waals surface area contributed by atoms with Crippen LogP contribution < -0.4 is 4.57 Å². The summed E-state index contributed by atoms with van der Waals surface area (Å²) in [5.41, 5.74) is -0.178. The molecular formula is C14H21N3O4S. The van der Waals surface area contributed by atoms with Gasteiger partial charge in [0.15, 0.2) is 0 Å². The SMILES string of the molecule is C/C(=C/C(=O)O)C(=O)O.CCCCn1cc[n+](C)c1.[N-]=C=S. The molecule has 22 heavy (non-hydrogen) atoms. The standard InChI is InChI=1S/C8H15N2.C5H6O4.CNS/c1-3-4-5-10-7-6-9(2)8-10;1-3(5(8)9)2-4(6)7;2-1-3/h6-8H,3-5H2,1-2H3;2H,1H3,(H,6,7)(H,8,9);/q+1;;-1/b;3-2-;. The number of carboxylic acid groups (broad SMARTS) is 2. The molecule has 7 nitrogen and oxygen atoms in total. The number of nitrogens with zero attached hydrogens (tertiary/aromatic N) is 3. The Morgan fingerprint density at radius 2 is 2.00 bits per heavy atom. The molecule has 0 amide bonds. The van der Waals surface area contributed by atoms with Gasteiger partial charge in [-0.3, -0.25) is 0 Å². The van der Waals surface area contributed by atoms with Crippen LogP contribution in [0.3, 0.4) is 0 Å². The van der Waals surface area contributed by atoms with Crippen molar-refractivity contribution in [1.29, 1.82) is 0 Å². The maximum absolute atomic E-state index is 9.90. The van der Waals surface area contributed by atoms with E-state index >= 15 is 0 Å². The summed E-state index contributed by atoms with van der Waals surface area (Å²) in [6.07, 6.45) is 9.46. The Balaban J connectivity index is 0. The van der Waals surface area contributed by atoms with Crippen LogP contribution in [0.4, 0.5) is 0 Å². The third-order valence-electron chi connectivity index (χ3n) is 2.27. The zero-order valence-corrected chi connectivity index (χ0v) is 13.7. The molecule has 1 aromatic heterocycles. The van der Waals surface area contributed by atoms with Gasteiger partial charge in [0, 0.05) is 11.6 Å². The second kappa shape index (κ2) is 13.7. The van der Waals surface area contributed by atoms with Crippen LogP contribution in [0.2, 0.25) is 0 Å². The van der Waals surface area contributed by atoms with E-state index in [1.54, 1.807) is 0 Å². The van der Waals surface area contributed by atoms with Crippen LogP contribution in [-0.2, 0) is 23.2 Å². The zero-order valence-electron chi connectivity index (χ0n) is 12.9. The lowest BCUT2D eigenvalue weighted by atomic mass is 10.3. The second-order valence-electron chi connectivity index (χ2n) is 4.23. The number of aryl methyl sites for hydroxylation is 2. The third kappa shape index (κ3) is 14.1. The maximum Gasteiger partial charge on any atom is 0.331 e. The first-order valence-corrected chi connectivity index (χ1v) is 6.86. The van der Waals surface area contributed by atoms with E-state index in [4.69, 9.17) is 15.6 Å². The minimum atomic E-state index is -1.24. The van der Waals surface area contributed by atoms with Crippen molar-refractivity contribution >= 4 is 29.3 Å². The minimum Gasteiger partial charge on any atom is -0.753 e. The number of aliphatic carboxylic acids is 2. The largest absolute Gasteiger partial charge is 0.753 e. The van der Waals surface area contributed by atoms with Gasteiger partial charge in [-0.1, -0.05) is 25.6 Å². The Bertz CT molecular complexity index is 532. The van der Waals surface area contributed by atoms with Crippen molar-refractivity contribution in [2.75, 3.05) is 0 Å². The number of rotatable bonds is 5. The van der Waals surface area contributed by atoms with E-state index in [9.17, 15) is 9.59 Å². The third-order valence-corrected chi connectivity index (χ3v) is 2.27. The average molecular weight is 327 g/mol. The van der Waals surface area contributed by atoms with Crippen LogP contribution in [0.25, 0.3) is 5.41 Å². The normalized spacial score (nSPS) is 9.50. The number of isothiocyanates is 1. The average Bonchev–Trinajstić information content (AvgIpc) is 2.83. The fourth-order valence-corrected chi connectivity index (χ4v) is 1.22. The molecule has 0 bridgehead atoms. The highest BCUT2D eigenvalue weighted by Crippen LogP contribution is 1.91. The minimum absolute atomic E-state index is 0.178. The molecule has 8 heteroatoms. The number of carboxylic acids is 2. The molecule has 1 rings (SSSR count). The molecule has 0 radical (unpaired) electrons. The molecule has 0 aliphatic heterocycles. The summed E-state index contributed by atoms with van der Waals surface area (Å²) in [7, 11) is 2.04. The number of unbranched alkanes of at least 4 members (excludes halogenated alkanes) is 1. The molecular weight excluding hydrogens is 306 g/mol. The van der Waals surface area contributed by atoms with Crippen LogP contribution in [-0.4, -0.2) is 31.9 Å². The van der Waals surface area contributed by atoms with Gasteiger partial charge in [0.1, 0.15) is 12.4 Å². The lowest BCUT2D eigenvalue weighted by Crippen LogP contribution is -2.23. The van der Waals surface area contributed by atoms with Gasteiger partial charge < -0.3 is 15.6 Å². The Morgan fingerprint density at radius 1 is 1.45 bits per heavy atom. The fourth-order valence-electron chi connectivity index (χ4n) is 1.22. The smallest absolute Gasteiger partial charge is 0.331 e. The predicted octanol–water partition coefficient (Wildman–Crippen LogP) is 1.87. The fraction of sp³-hybridized carbons (Fsp3) is 0.429. The van der Waals surface area contributed by atoms with E-state index in [0.29, 0.717) is 6.08 Å². The highest BCUT2D eigenvalue weighted by molar-refractivity contribution is 7.78. The van der Waals surface area contributed by atoms with Gasteiger partial charge >= 0.3 is 11.9 Å². The topological polar surface area (TPSA) is 106 Å². The van der Waals surface area contributed by atoms with E-state index in [1.165, 1.54) is 24.9 Å². The van der Waals surface area contributed by atoms with E-state index in [2.05, 4.69) is 47.0 Å². The lowest BCUT2D eigenvalue weighted by molar-refractivity contribution is -0.671. The summed E-state index contributed by atoms with van der Waals surface area (Å²) in [5.74, 6) is -2.45. The Kier molecular flexibility index (Phi) is 13.6. The molecule has 0 saturated carbocycles. The molecule has 0 fully saturated rings. The van der Waals surface area contributed by atoms with E-state index in [-0.39, 0.29) is 5.57 Å².